The Balaban J connectivity index is 2.79. The van der Waals surface area contributed by atoms with E-state index in [4.69, 9.17) is 14.2 Å². The van der Waals surface area contributed by atoms with Gasteiger partial charge >= 0.3 is 5.97 Å². The van der Waals surface area contributed by atoms with Crippen LogP contribution in [-0.2, 0) is 19.0 Å². The van der Waals surface area contributed by atoms with Crippen LogP contribution in [0, 0.1) is 11.5 Å². The molecule has 0 aliphatic carbocycles. The SMILES string of the molecule is CC(=O)OC(C#C[Si](C)(C)C)[C@H]1COC(C)(C)O1. The third-order valence-electron chi connectivity index (χ3n) is 2.25. The summed E-state index contributed by atoms with van der Waals surface area (Å²) < 4.78 is 16.4. The van der Waals surface area contributed by atoms with Crippen LogP contribution in [0.15, 0.2) is 0 Å². The van der Waals surface area contributed by atoms with E-state index in [1.54, 1.807) is 0 Å². The van der Waals surface area contributed by atoms with Crippen LogP contribution in [0.2, 0.25) is 19.6 Å². The molecule has 1 heterocycles. The van der Waals surface area contributed by atoms with Crippen LogP contribution in [0.4, 0.5) is 0 Å². The average molecular weight is 270 g/mol. The standard InChI is InChI=1S/C13H22O4Si/c1-10(14)16-11(7-8-18(4,5)6)12-9-15-13(2,3)17-12/h11-12H,9H2,1-6H3/t11?,12-/m1/s1. The van der Waals surface area contributed by atoms with Crippen LogP contribution in [0.25, 0.3) is 0 Å². The van der Waals surface area contributed by atoms with Crippen molar-refractivity contribution in [2.45, 2.75) is 58.4 Å². The summed E-state index contributed by atoms with van der Waals surface area (Å²) in [6.07, 6.45) is -0.858. The van der Waals surface area contributed by atoms with Crippen molar-refractivity contribution in [3.05, 3.63) is 0 Å². The summed E-state index contributed by atoms with van der Waals surface area (Å²) >= 11 is 0. The molecule has 0 spiro atoms. The third kappa shape index (κ3) is 5.21. The third-order valence-corrected chi connectivity index (χ3v) is 3.14. The van der Waals surface area contributed by atoms with Gasteiger partial charge in [0.1, 0.15) is 14.2 Å². The topological polar surface area (TPSA) is 44.8 Å². The molecule has 2 atom stereocenters. The van der Waals surface area contributed by atoms with Crippen molar-refractivity contribution in [2.24, 2.45) is 0 Å². The van der Waals surface area contributed by atoms with Crippen LogP contribution in [0.3, 0.4) is 0 Å². The van der Waals surface area contributed by atoms with E-state index in [1.165, 1.54) is 6.92 Å². The normalized spacial score (nSPS) is 24.0. The maximum atomic E-state index is 11.1. The molecule has 4 nitrogen and oxygen atoms in total. The molecule has 0 saturated carbocycles. The minimum absolute atomic E-state index is 0.312. The van der Waals surface area contributed by atoms with E-state index in [0.29, 0.717) is 6.61 Å². The Bertz CT molecular complexity index is 373. The lowest BCUT2D eigenvalue weighted by Crippen LogP contribution is -2.34. The molecule has 1 fully saturated rings. The van der Waals surface area contributed by atoms with Gasteiger partial charge in [0.25, 0.3) is 0 Å². The molecule has 1 aliphatic heterocycles. The molecule has 0 aromatic heterocycles. The highest BCUT2D eigenvalue weighted by atomic mass is 28.3. The molecular formula is C13H22O4Si. The summed E-state index contributed by atoms with van der Waals surface area (Å²) in [5.74, 6) is 2.05. The van der Waals surface area contributed by atoms with Gasteiger partial charge < -0.3 is 14.2 Å². The van der Waals surface area contributed by atoms with E-state index in [2.05, 4.69) is 31.1 Å². The van der Waals surface area contributed by atoms with Gasteiger partial charge in [0.05, 0.1) is 6.61 Å². The quantitative estimate of drug-likeness (QED) is 0.437. The van der Waals surface area contributed by atoms with Gasteiger partial charge in [-0.3, -0.25) is 4.79 Å². The molecule has 5 heteroatoms. The number of rotatable bonds is 2. The lowest BCUT2D eigenvalue weighted by molar-refractivity contribution is -0.163. The Morgan fingerprint density at radius 2 is 2.06 bits per heavy atom. The highest BCUT2D eigenvalue weighted by Gasteiger charge is 2.38. The van der Waals surface area contributed by atoms with Crippen LogP contribution in [-0.4, -0.2) is 38.6 Å². The predicted molar refractivity (Wildman–Crippen MR) is 71.6 cm³/mol. The van der Waals surface area contributed by atoms with Crippen molar-refractivity contribution in [1.82, 2.24) is 0 Å². The van der Waals surface area contributed by atoms with E-state index in [0.717, 1.165) is 0 Å². The minimum Gasteiger partial charge on any atom is -0.446 e. The first-order valence-corrected chi connectivity index (χ1v) is 9.61. The van der Waals surface area contributed by atoms with Crippen molar-refractivity contribution >= 4 is 14.0 Å². The Hall–Kier alpha value is -0.833. The first-order chi connectivity index (χ1) is 8.09. The smallest absolute Gasteiger partial charge is 0.303 e. The molecule has 0 aromatic carbocycles. The Labute approximate surface area is 110 Å². The van der Waals surface area contributed by atoms with Crippen molar-refractivity contribution in [3.63, 3.8) is 0 Å². The first kappa shape index (κ1) is 15.2. The van der Waals surface area contributed by atoms with Gasteiger partial charge in [0.15, 0.2) is 11.9 Å². The van der Waals surface area contributed by atoms with Crippen LogP contribution in [0.5, 0.6) is 0 Å². The minimum atomic E-state index is -1.51. The van der Waals surface area contributed by atoms with Gasteiger partial charge in [-0.15, -0.1) is 5.54 Å². The van der Waals surface area contributed by atoms with Crippen LogP contribution < -0.4 is 0 Å². The molecule has 102 valence electrons. The summed E-state index contributed by atoms with van der Waals surface area (Å²) in [5.41, 5.74) is 3.21. The van der Waals surface area contributed by atoms with Gasteiger partial charge in [-0.2, -0.15) is 0 Å². The molecule has 0 bridgehead atoms. The second kappa shape index (κ2) is 5.43. The lowest BCUT2D eigenvalue weighted by Gasteiger charge is -2.20. The number of esters is 1. The number of ether oxygens (including phenoxy) is 3. The number of hydrogen-bond donors (Lipinski definition) is 0. The molecule has 0 aromatic rings. The van der Waals surface area contributed by atoms with E-state index >= 15 is 0 Å². The number of hydrogen-bond acceptors (Lipinski definition) is 4. The fourth-order valence-corrected chi connectivity index (χ4v) is 2.10. The molecule has 1 saturated heterocycles. The molecular weight excluding hydrogens is 248 g/mol. The van der Waals surface area contributed by atoms with Crippen LogP contribution >= 0.6 is 0 Å². The predicted octanol–water partition coefficient (Wildman–Crippen LogP) is 1.95. The molecule has 1 unspecified atom stereocenters. The zero-order valence-electron chi connectivity index (χ0n) is 12.0. The zero-order valence-corrected chi connectivity index (χ0v) is 13.0. The largest absolute Gasteiger partial charge is 0.446 e. The molecule has 18 heavy (non-hydrogen) atoms. The van der Waals surface area contributed by atoms with Crippen molar-refractivity contribution in [3.8, 4) is 11.5 Å². The molecule has 0 radical (unpaired) electrons. The lowest BCUT2D eigenvalue weighted by atomic mass is 10.2. The molecule has 0 amide bonds. The van der Waals surface area contributed by atoms with Gasteiger partial charge in [-0.25, -0.2) is 0 Å². The summed E-state index contributed by atoms with van der Waals surface area (Å²) in [6.45, 7) is 11.9. The Morgan fingerprint density at radius 1 is 1.44 bits per heavy atom. The second-order valence-corrected chi connectivity index (χ2v) is 10.7. The van der Waals surface area contributed by atoms with E-state index in [-0.39, 0.29) is 12.1 Å². The van der Waals surface area contributed by atoms with Crippen molar-refractivity contribution in [1.29, 1.82) is 0 Å². The molecule has 0 N–H and O–H groups in total. The van der Waals surface area contributed by atoms with Crippen LogP contribution in [0.1, 0.15) is 20.8 Å². The van der Waals surface area contributed by atoms with Gasteiger partial charge in [0, 0.05) is 6.92 Å². The molecule has 1 aliphatic rings. The fourth-order valence-electron chi connectivity index (χ4n) is 1.53. The first-order valence-electron chi connectivity index (χ1n) is 6.11. The Morgan fingerprint density at radius 3 is 2.44 bits per heavy atom. The zero-order chi connectivity index (χ0) is 14.0. The highest BCUT2D eigenvalue weighted by Crippen LogP contribution is 2.25. The number of carbonyl (C=O) groups is 1. The van der Waals surface area contributed by atoms with Gasteiger partial charge in [-0.1, -0.05) is 25.6 Å². The average Bonchev–Trinajstić information content (AvgIpc) is 2.51. The highest BCUT2D eigenvalue weighted by molar-refractivity contribution is 6.83. The van der Waals surface area contributed by atoms with E-state index in [9.17, 15) is 4.79 Å². The summed E-state index contributed by atoms with van der Waals surface area (Å²) in [4.78, 5) is 11.1. The van der Waals surface area contributed by atoms with Crippen molar-refractivity contribution in [2.75, 3.05) is 6.61 Å². The van der Waals surface area contributed by atoms with E-state index < -0.39 is 20.0 Å². The Kier molecular flexibility index (Phi) is 4.59. The summed E-state index contributed by atoms with van der Waals surface area (Å²) in [5, 5.41) is 0. The van der Waals surface area contributed by atoms with Gasteiger partial charge in [0.2, 0.25) is 0 Å². The maximum absolute atomic E-state index is 11.1. The monoisotopic (exact) mass is 270 g/mol. The van der Waals surface area contributed by atoms with Crippen molar-refractivity contribution < 1.29 is 19.0 Å². The fraction of sp³-hybridized carbons (Fsp3) is 0.769. The molecule has 1 rings (SSSR count). The van der Waals surface area contributed by atoms with E-state index in [1.807, 2.05) is 13.8 Å². The second-order valence-electron chi connectivity index (χ2n) is 5.92. The summed E-state index contributed by atoms with van der Waals surface area (Å²) in [6, 6.07) is 0. The maximum Gasteiger partial charge on any atom is 0.303 e. The van der Waals surface area contributed by atoms with Gasteiger partial charge in [-0.05, 0) is 13.8 Å². The summed E-state index contributed by atoms with van der Waals surface area (Å²) in [7, 11) is -1.51. The number of carbonyl (C=O) groups excluding carboxylic acids is 1.